The number of aromatic nitrogens is 2. The number of nitrogens with one attached hydrogen (secondary N) is 1. The predicted octanol–water partition coefficient (Wildman–Crippen LogP) is 3.02. The largest absolute Gasteiger partial charge is 0.462 e. The van der Waals surface area contributed by atoms with Crippen molar-refractivity contribution in [2.24, 2.45) is 5.73 Å². The number of anilines is 1. The summed E-state index contributed by atoms with van der Waals surface area (Å²) in [6.07, 6.45) is 2.61. The second-order valence-electron chi connectivity index (χ2n) is 5.88. The standard InChI is InChI=1S/C17H21BrN4O4S/c1-4-7-26-17(25)13-9(2)14(15(19)24)27-16(13)20-12(23)5-6-22-8-11(18)10(3)21-22/h8H,4-7H2,1-3H3,(H2,19,24)(H,20,23). The summed E-state index contributed by atoms with van der Waals surface area (Å²) in [6, 6.07) is 0. The maximum absolute atomic E-state index is 12.3. The van der Waals surface area contributed by atoms with E-state index < -0.39 is 11.9 Å². The number of aryl methyl sites for hydroxylation is 2. The van der Waals surface area contributed by atoms with Crippen molar-refractivity contribution >= 4 is 50.1 Å². The van der Waals surface area contributed by atoms with Crippen LogP contribution in [0.5, 0.6) is 0 Å². The molecule has 2 aromatic heterocycles. The fourth-order valence-corrected chi connectivity index (χ4v) is 3.74. The Morgan fingerprint density at radius 2 is 2.07 bits per heavy atom. The van der Waals surface area contributed by atoms with Gasteiger partial charge in [0.1, 0.15) is 5.00 Å². The SMILES string of the molecule is CCCOC(=O)c1c(NC(=O)CCn2cc(Br)c(C)n2)sc(C(N)=O)c1C. The first-order valence-electron chi connectivity index (χ1n) is 8.34. The van der Waals surface area contributed by atoms with Crippen LogP contribution in [-0.2, 0) is 16.1 Å². The second kappa shape index (κ2) is 9.14. The third-order valence-electron chi connectivity index (χ3n) is 3.72. The van der Waals surface area contributed by atoms with Gasteiger partial charge in [-0.05, 0) is 41.8 Å². The Balaban J connectivity index is 2.15. The summed E-state index contributed by atoms with van der Waals surface area (Å²) >= 11 is 4.35. The minimum Gasteiger partial charge on any atom is -0.462 e. The molecule has 2 aromatic rings. The van der Waals surface area contributed by atoms with Crippen molar-refractivity contribution in [3.8, 4) is 0 Å². The number of amides is 2. The molecule has 2 heterocycles. The first-order chi connectivity index (χ1) is 12.7. The van der Waals surface area contributed by atoms with E-state index in [2.05, 4.69) is 26.3 Å². The van der Waals surface area contributed by atoms with Crippen molar-refractivity contribution in [1.29, 1.82) is 0 Å². The average Bonchev–Trinajstić information content (AvgIpc) is 3.10. The molecule has 0 saturated heterocycles. The third-order valence-corrected chi connectivity index (χ3v) is 5.72. The van der Waals surface area contributed by atoms with Crippen molar-refractivity contribution in [2.75, 3.05) is 11.9 Å². The number of nitrogens with zero attached hydrogens (tertiary/aromatic N) is 2. The van der Waals surface area contributed by atoms with Gasteiger partial charge in [-0.25, -0.2) is 4.79 Å². The van der Waals surface area contributed by atoms with Crippen LogP contribution in [0.4, 0.5) is 5.00 Å². The summed E-state index contributed by atoms with van der Waals surface area (Å²) in [7, 11) is 0. The molecule has 146 valence electrons. The molecule has 0 aliphatic rings. The van der Waals surface area contributed by atoms with Crippen molar-refractivity contribution in [3.63, 3.8) is 0 Å². The molecule has 2 rings (SSSR count). The molecule has 27 heavy (non-hydrogen) atoms. The highest BCUT2D eigenvalue weighted by Crippen LogP contribution is 2.33. The molecule has 0 bridgehead atoms. The van der Waals surface area contributed by atoms with E-state index in [4.69, 9.17) is 10.5 Å². The van der Waals surface area contributed by atoms with E-state index >= 15 is 0 Å². The summed E-state index contributed by atoms with van der Waals surface area (Å²) in [5.41, 5.74) is 6.79. The number of hydrogen-bond acceptors (Lipinski definition) is 6. The molecule has 0 spiro atoms. The molecular weight excluding hydrogens is 436 g/mol. The molecule has 2 amide bonds. The zero-order valence-electron chi connectivity index (χ0n) is 15.3. The Labute approximate surface area is 169 Å². The number of ether oxygens (including phenoxy) is 1. The summed E-state index contributed by atoms with van der Waals surface area (Å²) in [4.78, 5) is 36.5. The first kappa shape index (κ1) is 21.1. The average molecular weight is 457 g/mol. The molecule has 0 radical (unpaired) electrons. The molecule has 10 heteroatoms. The number of nitrogens with two attached hydrogens (primary N) is 1. The highest BCUT2D eigenvalue weighted by molar-refractivity contribution is 9.10. The molecule has 0 fully saturated rings. The monoisotopic (exact) mass is 456 g/mol. The lowest BCUT2D eigenvalue weighted by molar-refractivity contribution is -0.116. The molecule has 0 atom stereocenters. The number of thiophene rings is 1. The van der Waals surface area contributed by atoms with Gasteiger partial charge in [0.05, 0.1) is 27.2 Å². The van der Waals surface area contributed by atoms with Gasteiger partial charge in [0, 0.05) is 19.2 Å². The number of esters is 1. The lowest BCUT2D eigenvalue weighted by Crippen LogP contribution is -2.17. The number of primary amides is 1. The van der Waals surface area contributed by atoms with Crippen molar-refractivity contribution < 1.29 is 19.1 Å². The minimum absolute atomic E-state index is 0.153. The molecule has 0 saturated carbocycles. The topological polar surface area (TPSA) is 116 Å². The normalized spacial score (nSPS) is 10.7. The van der Waals surface area contributed by atoms with Crippen LogP contribution in [-0.4, -0.2) is 34.2 Å². The van der Waals surface area contributed by atoms with Gasteiger partial charge in [-0.1, -0.05) is 6.92 Å². The van der Waals surface area contributed by atoms with E-state index in [1.807, 2.05) is 13.8 Å². The summed E-state index contributed by atoms with van der Waals surface area (Å²) < 4.78 is 7.68. The molecule has 0 unspecified atom stereocenters. The number of carbonyl (C=O) groups excluding carboxylic acids is 3. The van der Waals surface area contributed by atoms with E-state index in [0.29, 0.717) is 18.5 Å². The van der Waals surface area contributed by atoms with E-state index in [0.717, 1.165) is 21.5 Å². The summed E-state index contributed by atoms with van der Waals surface area (Å²) in [5.74, 6) is -1.54. The number of rotatable bonds is 8. The van der Waals surface area contributed by atoms with Gasteiger partial charge < -0.3 is 15.8 Å². The van der Waals surface area contributed by atoms with Crippen LogP contribution in [0.2, 0.25) is 0 Å². The van der Waals surface area contributed by atoms with E-state index in [-0.39, 0.29) is 34.4 Å². The zero-order valence-corrected chi connectivity index (χ0v) is 17.7. The number of halogens is 1. The van der Waals surface area contributed by atoms with Crippen LogP contribution < -0.4 is 11.1 Å². The maximum Gasteiger partial charge on any atom is 0.341 e. The van der Waals surface area contributed by atoms with Gasteiger partial charge >= 0.3 is 5.97 Å². The lowest BCUT2D eigenvalue weighted by atomic mass is 10.1. The molecule has 0 aliphatic heterocycles. The summed E-state index contributed by atoms with van der Waals surface area (Å²) in [5, 5.41) is 7.23. The van der Waals surface area contributed by atoms with Crippen LogP contribution in [0.15, 0.2) is 10.7 Å². The Morgan fingerprint density at radius 1 is 1.37 bits per heavy atom. The van der Waals surface area contributed by atoms with Gasteiger partial charge in [-0.15, -0.1) is 11.3 Å². The highest BCUT2D eigenvalue weighted by Gasteiger charge is 2.25. The van der Waals surface area contributed by atoms with Gasteiger partial charge in [-0.2, -0.15) is 5.10 Å². The molecule has 3 N–H and O–H groups in total. The van der Waals surface area contributed by atoms with Gasteiger partial charge in [0.15, 0.2) is 0 Å². The summed E-state index contributed by atoms with van der Waals surface area (Å²) in [6.45, 7) is 5.97. The Morgan fingerprint density at radius 3 is 2.63 bits per heavy atom. The quantitative estimate of drug-likeness (QED) is 0.592. The molecule has 0 aliphatic carbocycles. The van der Waals surface area contributed by atoms with Crippen molar-refractivity contribution in [1.82, 2.24) is 9.78 Å². The fourth-order valence-electron chi connectivity index (χ4n) is 2.36. The van der Waals surface area contributed by atoms with E-state index in [9.17, 15) is 14.4 Å². The number of hydrogen-bond donors (Lipinski definition) is 2. The van der Waals surface area contributed by atoms with Crippen LogP contribution >= 0.6 is 27.3 Å². The Hall–Kier alpha value is -2.20. The second-order valence-corrected chi connectivity index (χ2v) is 7.76. The maximum atomic E-state index is 12.3. The van der Waals surface area contributed by atoms with Gasteiger partial charge in [-0.3, -0.25) is 14.3 Å². The van der Waals surface area contributed by atoms with E-state index in [1.165, 1.54) is 0 Å². The minimum atomic E-state index is -0.653. The van der Waals surface area contributed by atoms with Crippen molar-refractivity contribution in [2.45, 2.75) is 40.2 Å². The number of carbonyl (C=O) groups is 3. The van der Waals surface area contributed by atoms with Crippen LogP contribution in [0.25, 0.3) is 0 Å². The molecule has 0 aromatic carbocycles. The molecular formula is C17H21BrN4O4S. The highest BCUT2D eigenvalue weighted by atomic mass is 79.9. The lowest BCUT2D eigenvalue weighted by Gasteiger charge is -2.08. The van der Waals surface area contributed by atoms with Gasteiger partial charge in [0.2, 0.25) is 5.91 Å². The smallest absolute Gasteiger partial charge is 0.341 e. The Bertz CT molecular complexity index is 855. The van der Waals surface area contributed by atoms with E-state index in [1.54, 1.807) is 17.8 Å². The van der Waals surface area contributed by atoms with Gasteiger partial charge in [0.25, 0.3) is 5.91 Å². The fraction of sp³-hybridized carbons (Fsp3) is 0.412. The zero-order chi connectivity index (χ0) is 20.1. The van der Waals surface area contributed by atoms with Crippen LogP contribution in [0, 0.1) is 13.8 Å². The van der Waals surface area contributed by atoms with Crippen LogP contribution in [0.3, 0.4) is 0 Å². The third kappa shape index (κ3) is 5.16. The first-order valence-corrected chi connectivity index (χ1v) is 9.95. The van der Waals surface area contributed by atoms with Crippen LogP contribution in [0.1, 0.15) is 51.1 Å². The molecule has 8 nitrogen and oxygen atoms in total. The Kier molecular flexibility index (Phi) is 7.14. The van der Waals surface area contributed by atoms with Crippen molar-refractivity contribution in [3.05, 3.63) is 32.4 Å². The predicted molar refractivity (Wildman–Crippen MR) is 106 cm³/mol.